The van der Waals surface area contributed by atoms with Crippen molar-refractivity contribution < 1.29 is 4.39 Å². The number of rotatable bonds is 3. The second-order valence-electron chi connectivity index (χ2n) is 5.23. The van der Waals surface area contributed by atoms with E-state index >= 15 is 0 Å². The number of hydrogen-bond acceptors (Lipinski definition) is 3. The molecule has 1 aliphatic rings. The number of halogens is 3. The van der Waals surface area contributed by atoms with Gasteiger partial charge in [-0.1, -0.05) is 12.1 Å². The van der Waals surface area contributed by atoms with E-state index in [0.29, 0.717) is 10.5 Å². The number of benzene rings is 1. The normalized spacial score (nSPS) is 18.7. The Balaban J connectivity index is 0.00000176. The van der Waals surface area contributed by atoms with Crippen molar-refractivity contribution in [3.63, 3.8) is 0 Å². The largest absolute Gasteiger partial charge is 0.314 e. The van der Waals surface area contributed by atoms with Crippen molar-refractivity contribution in [1.82, 2.24) is 15.2 Å². The Morgan fingerprint density at radius 1 is 1.36 bits per heavy atom. The molecule has 22 heavy (non-hydrogen) atoms. The van der Waals surface area contributed by atoms with Crippen molar-refractivity contribution in [2.75, 3.05) is 19.6 Å². The highest BCUT2D eigenvalue weighted by Crippen LogP contribution is 2.25. The maximum absolute atomic E-state index is 13.3. The summed E-state index contributed by atoms with van der Waals surface area (Å²) in [6.07, 6.45) is 3.71. The van der Waals surface area contributed by atoms with Crippen molar-refractivity contribution in [3.8, 4) is 0 Å². The van der Waals surface area contributed by atoms with Gasteiger partial charge in [0.05, 0.1) is 4.47 Å². The quantitative estimate of drug-likeness (QED) is 0.874. The number of aromatic nitrogens is 1. The summed E-state index contributed by atoms with van der Waals surface area (Å²) in [4.78, 5) is 6.63. The Hall–Kier alpha value is -1.01. The molecule has 1 N–H and O–H groups in total. The zero-order valence-electron chi connectivity index (χ0n) is 12.0. The van der Waals surface area contributed by atoms with Crippen LogP contribution in [0.2, 0.25) is 0 Å². The molecular formula is C16H18BrClFN3. The third-order valence-corrected chi connectivity index (χ3v) is 4.40. The first-order valence-corrected chi connectivity index (χ1v) is 7.82. The minimum Gasteiger partial charge on any atom is -0.314 e. The Labute approximate surface area is 144 Å². The van der Waals surface area contributed by atoms with Crippen LogP contribution in [0, 0.1) is 5.82 Å². The molecule has 2 aromatic rings. The van der Waals surface area contributed by atoms with Gasteiger partial charge in [0.2, 0.25) is 0 Å². The summed E-state index contributed by atoms with van der Waals surface area (Å²) in [7, 11) is 0. The highest BCUT2D eigenvalue weighted by Gasteiger charge is 2.23. The van der Waals surface area contributed by atoms with E-state index in [1.165, 1.54) is 11.6 Å². The molecule has 2 heterocycles. The van der Waals surface area contributed by atoms with Gasteiger partial charge in [-0.25, -0.2) is 4.39 Å². The summed E-state index contributed by atoms with van der Waals surface area (Å²) in [5, 5.41) is 3.43. The molecule has 0 amide bonds. The number of piperazine rings is 1. The monoisotopic (exact) mass is 385 g/mol. The fourth-order valence-corrected chi connectivity index (χ4v) is 3.14. The van der Waals surface area contributed by atoms with E-state index in [1.807, 2.05) is 24.4 Å². The van der Waals surface area contributed by atoms with E-state index in [0.717, 1.165) is 31.7 Å². The Kier molecular flexibility index (Phi) is 6.32. The molecule has 0 saturated carbocycles. The molecule has 1 unspecified atom stereocenters. The maximum atomic E-state index is 13.3. The average Bonchev–Trinajstić information content (AvgIpc) is 2.52. The first-order chi connectivity index (χ1) is 10.2. The van der Waals surface area contributed by atoms with E-state index in [9.17, 15) is 4.39 Å². The van der Waals surface area contributed by atoms with Gasteiger partial charge in [-0.15, -0.1) is 12.4 Å². The Bertz CT molecular complexity index is 612. The van der Waals surface area contributed by atoms with Gasteiger partial charge in [0.25, 0.3) is 0 Å². The molecule has 1 aliphatic heterocycles. The van der Waals surface area contributed by atoms with E-state index < -0.39 is 0 Å². The first-order valence-electron chi connectivity index (χ1n) is 7.02. The predicted octanol–water partition coefficient (Wildman–Crippen LogP) is 3.55. The third kappa shape index (κ3) is 4.04. The molecule has 1 saturated heterocycles. The molecule has 0 aliphatic carbocycles. The lowest BCUT2D eigenvalue weighted by Gasteiger charge is -2.36. The second-order valence-corrected chi connectivity index (χ2v) is 6.08. The van der Waals surface area contributed by atoms with Crippen LogP contribution in [0.5, 0.6) is 0 Å². The van der Waals surface area contributed by atoms with Crippen LogP contribution < -0.4 is 5.32 Å². The fourth-order valence-electron chi connectivity index (χ4n) is 2.71. The fraction of sp³-hybridized carbons (Fsp3) is 0.312. The molecule has 3 nitrogen and oxygen atoms in total. The van der Waals surface area contributed by atoms with Gasteiger partial charge in [0.1, 0.15) is 5.82 Å². The molecule has 0 radical (unpaired) electrons. The lowest BCUT2D eigenvalue weighted by molar-refractivity contribution is 0.153. The van der Waals surface area contributed by atoms with Crippen molar-refractivity contribution >= 4 is 28.3 Å². The van der Waals surface area contributed by atoms with Gasteiger partial charge in [-0.05, 0) is 45.3 Å². The van der Waals surface area contributed by atoms with Crippen LogP contribution in [0.1, 0.15) is 17.2 Å². The Morgan fingerprint density at radius 2 is 2.23 bits per heavy atom. The summed E-state index contributed by atoms with van der Waals surface area (Å²) in [6.45, 7) is 3.65. The molecule has 6 heteroatoms. The molecule has 1 atom stereocenters. The second kappa shape index (κ2) is 8.02. The summed E-state index contributed by atoms with van der Waals surface area (Å²) in [5.41, 5.74) is 2.32. The van der Waals surface area contributed by atoms with Crippen molar-refractivity contribution in [2.45, 2.75) is 12.6 Å². The van der Waals surface area contributed by atoms with Crippen LogP contribution in [-0.4, -0.2) is 29.5 Å². The zero-order valence-corrected chi connectivity index (χ0v) is 14.4. The number of pyridine rings is 1. The number of nitrogens with one attached hydrogen (secondary N) is 1. The maximum Gasteiger partial charge on any atom is 0.137 e. The van der Waals surface area contributed by atoms with E-state index in [2.05, 4.69) is 37.2 Å². The summed E-state index contributed by atoms with van der Waals surface area (Å²) in [6, 6.07) is 9.60. The molecule has 0 spiro atoms. The molecule has 3 rings (SSSR count). The highest BCUT2D eigenvalue weighted by atomic mass is 79.9. The molecule has 118 valence electrons. The standard InChI is InChI=1S/C16H17BrFN3.ClH/c17-14-8-12(3-4-15(14)18)11-21-7-6-20-10-16(21)13-2-1-5-19-9-13;/h1-5,8-9,16,20H,6-7,10-11H2;1H. The van der Waals surface area contributed by atoms with Crippen LogP contribution >= 0.6 is 28.3 Å². The lowest BCUT2D eigenvalue weighted by atomic mass is 10.0. The first kappa shape index (κ1) is 17.3. The average molecular weight is 387 g/mol. The SMILES string of the molecule is Cl.Fc1ccc(CN2CCNCC2c2cccnc2)cc1Br. The summed E-state index contributed by atoms with van der Waals surface area (Å²) >= 11 is 3.26. The van der Waals surface area contributed by atoms with Crippen LogP contribution in [0.4, 0.5) is 4.39 Å². The summed E-state index contributed by atoms with van der Waals surface area (Å²) in [5.74, 6) is -0.220. The highest BCUT2D eigenvalue weighted by molar-refractivity contribution is 9.10. The van der Waals surface area contributed by atoms with Gasteiger partial charge in [-0.2, -0.15) is 0 Å². The van der Waals surface area contributed by atoms with Gasteiger partial charge < -0.3 is 5.32 Å². The van der Waals surface area contributed by atoms with Crippen LogP contribution in [0.3, 0.4) is 0 Å². The lowest BCUT2D eigenvalue weighted by Crippen LogP contribution is -2.45. The molecule has 1 aromatic heterocycles. The van der Waals surface area contributed by atoms with Gasteiger partial charge in [0, 0.05) is 44.6 Å². The van der Waals surface area contributed by atoms with E-state index in [4.69, 9.17) is 0 Å². The van der Waals surface area contributed by atoms with E-state index in [-0.39, 0.29) is 18.2 Å². The van der Waals surface area contributed by atoms with Crippen molar-refractivity contribution in [2.24, 2.45) is 0 Å². The van der Waals surface area contributed by atoms with Crippen LogP contribution in [0.25, 0.3) is 0 Å². The molecular weight excluding hydrogens is 369 g/mol. The predicted molar refractivity (Wildman–Crippen MR) is 91.6 cm³/mol. The van der Waals surface area contributed by atoms with Crippen molar-refractivity contribution in [1.29, 1.82) is 0 Å². The van der Waals surface area contributed by atoms with Crippen LogP contribution in [0.15, 0.2) is 47.2 Å². The van der Waals surface area contributed by atoms with E-state index in [1.54, 1.807) is 6.20 Å². The van der Waals surface area contributed by atoms with Crippen molar-refractivity contribution in [3.05, 3.63) is 64.1 Å². The Morgan fingerprint density at radius 3 is 2.95 bits per heavy atom. The molecule has 1 fully saturated rings. The van der Waals surface area contributed by atoms with Gasteiger partial charge >= 0.3 is 0 Å². The molecule has 1 aromatic carbocycles. The zero-order chi connectivity index (χ0) is 14.7. The van der Waals surface area contributed by atoms with Gasteiger partial charge in [-0.3, -0.25) is 9.88 Å². The minimum atomic E-state index is -0.220. The molecule has 0 bridgehead atoms. The third-order valence-electron chi connectivity index (χ3n) is 3.79. The topological polar surface area (TPSA) is 28.2 Å². The summed E-state index contributed by atoms with van der Waals surface area (Å²) < 4.78 is 13.9. The minimum absolute atomic E-state index is 0. The smallest absolute Gasteiger partial charge is 0.137 e. The number of hydrogen-bond donors (Lipinski definition) is 1. The number of nitrogens with zero attached hydrogens (tertiary/aromatic N) is 2. The van der Waals surface area contributed by atoms with Crippen LogP contribution in [-0.2, 0) is 6.54 Å². The van der Waals surface area contributed by atoms with Gasteiger partial charge in [0.15, 0.2) is 0 Å².